The van der Waals surface area contributed by atoms with Crippen LogP contribution in [0.15, 0.2) is 0 Å². The van der Waals surface area contributed by atoms with Crippen LogP contribution in [-0.4, -0.2) is 29.4 Å². The third kappa shape index (κ3) is 3.25. The maximum Gasteiger partial charge on any atom is 0.224 e. The van der Waals surface area contributed by atoms with E-state index in [1.807, 2.05) is 0 Å². The molecule has 1 saturated heterocycles. The van der Waals surface area contributed by atoms with Crippen molar-refractivity contribution in [2.24, 2.45) is 11.7 Å². The van der Waals surface area contributed by atoms with Gasteiger partial charge in [-0.1, -0.05) is 26.2 Å². The first-order chi connectivity index (χ1) is 8.72. The molecule has 2 fully saturated rings. The van der Waals surface area contributed by atoms with Gasteiger partial charge in [-0.25, -0.2) is 0 Å². The van der Waals surface area contributed by atoms with Crippen LogP contribution in [-0.2, 0) is 4.79 Å². The van der Waals surface area contributed by atoms with E-state index in [-0.39, 0.29) is 6.04 Å². The van der Waals surface area contributed by atoms with Crippen LogP contribution in [0.2, 0.25) is 0 Å². The normalized spacial score (nSPS) is 29.8. The summed E-state index contributed by atoms with van der Waals surface area (Å²) in [5.41, 5.74) is 6.01. The first-order valence-electron chi connectivity index (χ1n) is 7.77. The lowest BCUT2D eigenvalue weighted by molar-refractivity contribution is -0.137. The van der Waals surface area contributed by atoms with Crippen molar-refractivity contribution in [1.29, 1.82) is 0 Å². The number of hydrogen-bond acceptors (Lipinski definition) is 2. The molecule has 104 valence electrons. The highest BCUT2D eigenvalue weighted by molar-refractivity contribution is 5.77. The molecular formula is C15H28N2O. The van der Waals surface area contributed by atoms with Crippen molar-refractivity contribution in [2.45, 2.75) is 76.8 Å². The molecule has 0 aromatic carbocycles. The summed E-state index contributed by atoms with van der Waals surface area (Å²) in [6, 6.07) is 0.597. The number of hydrogen-bond donors (Lipinski definition) is 1. The molecule has 1 aliphatic carbocycles. The molecule has 2 rings (SSSR count). The molecule has 1 amide bonds. The number of amides is 1. The van der Waals surface area contributed by atoms with Gasteiger partial charge in [0.15, 0.2) is 0 Å². The van der Waals surface area contributed by atoms with Crippen molar-refractivity contribution in [3.8, 4) is 0 Å². The summed E-state index contributed by atoms with van der Waals surface area (Å²) in [7, 11) is 0. The Morgan fingerprint density at radius 1 is 1.28 bits per heavy atom. The quantitative estimate of drug-likeness (QED) is 0.836. The number of carbonyl (C=O) groups excluding carboxylic acids is 1. The summed E-state index contributed by atoms with van der Waals surface area (Å²) in [5.74, 6) is 1.09. The van der Waals surface area contributed by atoms with Crippen LogP contribution >= 0.6 is 0 Å². The minimum absolute atomic E-state index is 0.0615. The van der Waals surface area contributed by atoms with Crippen molar-refractivity contribution in [2.75, 3.05) is 6.54 Å². The van der Waals surface area contributed by atoms with Crippen molar-refractivity contribution >= 4 is 5.91 Å². The highest BCUT2D eigenvalue weighted by Crippen LogP contribution is 2.35. The molecule has 0 aromatic heterocycles. The van der Waals surface area contributed by atoms with Gasteiger partial charge < -0.3 is 10.6 Å². The lowest BCUT2D eigenvalue weighted by atomic mass is 9.78. The summed E-state index contributed by atoms with van der Waals surface area (Å²) in [6.45, 7) is 3.10. The Balaban J connectivity index is 1.91. The van der Waals surface area contributed by atoms with E-state index >= 15 is 0 Å². The van der Waals surface area contributed by atoms with Gasteiger partial charge in [-0.3, -0.25) is 4.79 Å². The van der Waals surface area contributed by atoms with Crippen molar-refractivity contribution in [1.82, 2.24) is 4.90 Å². The zero-order valence-corrected chi connectivity index (χ0v) is 11.7. The number of likely N-dealkylation sites (tertiary alicyclic amines) is 1. The van der Waals surface area contributed by atoms with Crippen LogP contribution in [0, 0.1) is 5.92 Å². The molecule has 3 unspecified atom stereocenters. The Morgan fingerprint density at radius 2 is 2.00 bits per heavy atom. The Morgan fingerprint density at radius 3 is 2.78 bits per heavy atom. The number of nitrogens with two attached hydrogens (primary N) is 1. The second-order valence-corrected chi connectivity index (χ2v) is 6.09. The first-order valence-corrected chi connectivity index (χ1v) is 7.77. The lowest BCUT2D eigenvalue weighted by Crippen LogP contribution is -2.50. The number of nitrogens with zero attached hydrogens (tertiary/aromatic N) is 1. The molecule has 0 bridgehead atoms. The van der Waals surface area contributed by atoms with E-state index < -0.39 is 0 Å². The van der Waals surface area contributed by atoms with E-state index in [1.54, 1.807) is 0 Å². The van der Waals surface area contributed by atoms with Gasteiger partial charge >= 0.3 is 0 Å². The number of rotatable bonds is 4. The van der Waals surface area contributed by atoms with Crippen molar-refractivity contribution < 1.29 is 4.79 Å². The maximum absolute atomic E-state index is 12.4. The fourth-order valence-electron chi connectivity index (χ4n) is 3.75. The van der Waals surface area contributed by atoms with E-state index in [0.29, 0.717) is 18.4 Å². The lowest BCUT2D eigenvalue weighted by Gasteiger charge is -2.44. The number of piperidine rings is 1. The average molecular weight is 252 g/mol. The predicted molar refractivity (Wildman–Crippen MR) is 74.2 cm³/mol. The summed E-state index contributed by atoms with van der Waals surface area (Å²) < 4.78 is 0. The molecular weight excluding hydrogens is 224 g/mol. The van der Waals surface area contributed by atoms with Gasteiger partial charge in [-0.2, -0.15) is 0 Å². The average Bonchev–Trinajstić information content (AvgIpc) is 2.38. The molecule has 2 N–H and O–H groups in total. The van der Waals surface area contributed by atoms with Crippen molar-refractivity contribution in [3.05, 3.63) is 0 Å². The van der Waals surface area contributed by atoms with Crippen LogP contribution in [0.5, 0.6) is 0 Å². The molecule has 3 atom stereocenters. The summed E-state index contributed by atoms with van der Waals surface area (Å²) in [5, 5.41) is 0. The van der Waals surface area contributed by atoms with Gasteiger partial charge in [0.25, 0.3) is 0 Å². The highest BCUT2D eigenvalue weighted by Gasteiger charge is 2.35. The van der Waals surface area contributed by atoms with Gasteiger partial charge in [-0.05, 0) is 38.0 Å². The van der Waals surface area contributed by atoms with Crippen LogP contribution in [0.3, 0.4) is 0 Å². The summed E-state index contributed by atoms with van der Waals surface area (Å²) in [4.78, 5) is 14.6. The second-order valence-electron chi connectivity index (χ2n) is 6.09. The molecule has 18 heavy (non-hydrogen) atoms. The molecule has 0 radical (unpaired) electrons. The van der Waals surface area contributed by atoms with Crippen LogP contribution < -0.4 is 5.73 Å². The van der Waals surface area contributed by atoms with E-state index in [9.17, 15) is 4.79 Å². The smallest absolute Gasteiger partial charge is 0.224 e. The van der Waals surface area contributed by atoms with Gasteiger partial charge in [-0.15, -0.1) is 0 Å². The minimum Gasteiger partial charge on any atom is -0.339 e. The van der Waals surface area contributed by atoms with E-state index in [1.165, 1.54) is 38.5 Å². The number of fused-ring (bicyclic) bond motifs is 1. The van der Waals surface area contributed by atoms with Crippen LogP contribution in [0.1, 0.15) is 64.7 Å². The van der Waals surface area contributed by atoms with E-state index in [2.05, 4.69) is 11.8 Å². The SMILES string of the molecule is CCCC(N)CC(=O)N1CCCC2CCCCC21. The summed E-state index contributed by atoms with van der Waals surface area (Å²) in [6.07, 6.45) is 10.3. The Bertz CT molecular complexity index is 278. The third-order valence-electron chi connectivity index (χ3n) is 4.66. The van der Waals surface area contributed by atoms with Crippen LogP contribution in [0.4, 0.5) is 0 Å². The highest BCUT2D eigenvalue weighted by atomic mass is 16.2. The molecule has 3 heteroatoms. The first kappa shape index (κ1) is 13.9. The largest absolute Gasteiger partial charge is 0.339 e. The topological polar surface area (TPSA) is 46.3 Å². The Hall–Kier alpha value is -0.570. The molecule has 0 spiro atoms. The molecule has 1 heterocycles. The van der Waals surface area contributed by atoms with Crippen LogP contribution in [0.25, 0.3) is 0 Å². The van der Waals surface area contributed by atoms with E-state index in [0.717, 1.165) is 25.3 Å². The fraction of sp³-hybridized carbons (Fsp3) is 0.933. The molecule has 1 saturated carbocycles. The molecule has 3 nitrogen and oxygen atoms in total. The van der Waals surface area contributed by atoms with Gasteiger partial charge in [0.05, 0.1) is 0 Å². The zero-order valence-electron chi connectivity index (χ0n) is 11.7. The van der Waals surface area contributed by atoms with Gasteiger partial charge in [0.1, 0.15) is 0 Å². The predicted octanol–water partition coefficient (Wildman–Crippen LogP) is 2.69. The van der Waals surface area contributed by atoms with E-state index in [4.69, 9.17) is 5.73 Å². The monoisotopic (exact) mass is 252 g/mol. The second kappa shape index (κ2) is 6.55. The fourth-order valence-corrected chi connectivity index (χ4v) is 3.75. The Kier molecular flexibility index (Phi) is 5.04. The van der Waals surface area contributed by atoms with Gasteiger partial charge in [0, 0.05) is 25.0 Å². The molecule has 0 aromatic rings. The number of carbonyl (C=O) groups is 1. The van der Waals surface area contributed by atoms with Gasteiger partial charge in [0.2, 0.25) is 5.91 Å². The molecule has 1 aliphatic heterocycles. The summed E-state index contributed by atoms with van der Waals surface area (Å²) >= 11 is 0. The maximum atomic E-state index is 12.4. The van der Waals surface area contributed by atoms with Crippen molar-refractivity contribution in [3.63, 3.8) is 0 Å². The minimum atomic E-state index is 0.0615. The molecule has 2 aliphatic rings. The Labute approximate surface area is 111 Å². The third-order valence-corrected chi connectivity index (χ3v) is 4.66. The standard InChI is InChI=1S/C15H28N2O/c1-2-6-13(16)11-15(18)17-10-5-8-12-7-3-4-9-14(12)17/h12-14H,2-11,16H2,1H3. The zero-order chi connectivity index (χ0) is 13.0.